The minimum absolute atomic E-state index is 0.0225. The van der Waals surface area contributed by atoms with Gasteiger partial charge in [-0.2, -0.15) is 0 Å². The van der Waals surface area contributed by atoms with E-state index in [1.54, 1.807) is 48.5 Å². The van der Waals surface area contributed by atoms with Gasteiger partial charge in [0, 0.05) is 8.95 Å². The number of hydrogen-bond acceptors (Lipinski definition) is 4. The van der Waals surface area contributed by atoms with Crippen molar-refractivity contribution in [3.8, 4) is 0 Å². The molecule has 0 unspecified atom stereocenters. The normalized spacial score (nSPS) is 11.0. The molecule has 0 spiro atoms. The van der Waals surface area contributed by atoms with Crippen LogP contribution in [0.25, 0.3) is 0 Å². The zero-order valence-corrected chi connectivity index (χ0v) is 17.1. The second kappa shape index (κ2) is 9.98. The van der Waals surface area contributed by atoms with Gasteiger partial charge in [0.25, 0.3) is 0 Å². The predicted octanol–water partition coefficient (Wildman–Crippen LogP) is 3.30. The number of nitrogens with one attached hydrogen (secondary N) is 2. The lowest BCUT2D eigenvalue weighted by atomic mass is 10.1. The van der Waals surface area contributed by atoms with Crippen molar-refractivity contribution in [1.82, 2.24) is 10.6 Å². The first-order valence-electron chi connectivity index (χ1n) is 7.76. The van der Waals surface area contributed by atoms with Crippen molar-refractivity contribution in [3.63, 3.8) is 0 Å². The molecule has 7 nitrogen and oxygen atoms in total. The summed E-state index contributed by atoms with van der Waals surface area (Å²) in [6.07, 6.45) is 0.924. The van der Waals surface area contributed by atoms with Crippen molar-refractivity contribution in [1.29, 1.82) is 0 Å². The van der Waals surface area contributed by atoms with Gasteiger partial charge in [-0.15, -0.1) is 0 Å². The van der Waals surface area contributed by atoms with Crippen LogP contribution in [0.4, 0.5) is 0 Å². The minimum Gasteiger partial charge on any atom is -0.358 e. The van der Waals surface area contributed by atoms with Crippen LogP contribution in [0.15, 0.2) is 69.5 Å². The molecule has 0 bridgehead atoms. The molecule has 2 rings (SSSR count). The number of halogens is 2. The van der Waals surface area contributed by atoms with Gasteiger partial charge in [-0.3, -0.25) is 4.79 Å². The fraction of sp³-hybridized carbons (Fsp3) is 0.111. The summed E-state index contributed by atoms with van der Waals surface area (Å²) < 4.78 is 1.75. The zero-order chi connectivity index (χ0) is 19.8. The molecule has 2 amide bonds. The van der Waals surface area contributed by atoms with Gasteiger partial charge in [0.15, 0.2) is 0 Å². The second-order valence-corrected chi connectivity index (χ2v) is 7.34. The van der Waals surface area contributed by atoms with Gasteiger partial charge >= 0.3 is 11.7 Å². The van der Waals surface area contributed by atoms with E-state index in [4.69, 9.17) is 0 Å². The van der Waals surface area contributed by atoms with Gasteiger partial charge in [0.05, 0.1) is 19.0 Å². The average molecular weight is 497 g/mol. The molecule has 2 N–H and O–H groups in total. The van der Waals surface area contributed by atoms with Crippen LogP contribution in [0.2, 0.25) is 0 Å². The Balaban J connectivity index is 1.93. The van der Waals surface area contributed by atoms with E-state index in [9.17, 15) is 19.7 Å². The maximum Gasteiger partial charge on any atom is 0.339 e. The average Bonchev–Trinajstić information content (AvgIpc) is 2.62. The number of carbonyl (C=O) groups is 2. The Hall–Kier alpha value is -2.52. The van der Waals surface area contributed by atoms with E-state index in [0.717, 1.165) is 20.7 Å². The van der Waals surface area contributed by atoms with Gasteiger partial charge in [-0.1, -0.05) is 56.1 Å². The number of amides is 2. The van der Waals surface area contributed by atoms with Crippen LogP contribution < -0.4 is 10.6 Å². The second-order valence-electron chi connectivity index (χ2n) is 5.51. The van der Waals surface area contributed by atoms with E-state index in [0.29, 0.717) is 5.56 Å². The van der Waals surface area contributed by atoms with Gasteiger partial charge < -0.3 is 15.4 Å². The summed E-state index contributed by atoms with van der Waals surface area (Å²) >= 11 is 6.59. The molecule has 9 heteroatoms. The summed E-state index contributed by atoms with van der Waals surface area (Å²) in [5, 5.41) is 15.6. The molecule has 0 atom stereocenters. The first-order valence-corrected chi connectivity index (χ1v) is 9.35. The summed E-state index contributed by atoms with van der Waals surface area (Å²) in [5.74, 6) is -1.58. The molecule has 2 aromatic carbocycles. The van der Waals surface area contributed by atoms with Crippen molar-refractivity contribution < 1.29 is 14.5 Å². The highest BCUT2D eigenvalue weighted by molar-refractivity contribution is 9.10. The van der Waals surface area contributed by atoms with Crippen LogP contribution in [0.1, 0.15) is 11.1 Å². The molecule has 0 radical (unpaired) electrons. The maximum absolute atomic E-state index is 12.0. The lowest BCUT2D eigenvalue weighted by Crippen LogP contribution is -2.31. The monoisotopic (exact) mass is 495 g/mol. The molecule has 0 fully saturated rings. The maximum atomic E-state index is 12.0. The van der Waals surface area contributed by atoms with Crippen LogP contribution in [0.3, 0.4) is 0 Å². The van der Waals surface area contributed by atoms with Crippen molar-refractivity contribution in [2.75, 3.05) is 0 Å². The number of hydrogen-bond donors (Lipinski definition) is 2. The molecule has 0 aliphatic heterocycles. The van der Waals surface area contributed by atoms with Gasteiger partial charge in [-0.25, -0.2) is 10.1 Å². The van der Waals surface area contributed by atoms with E-state index in [-0.39, 0.29) is 12.8 Å². The number of rotatable bonds is 7. The Morgan fingerprint density at radius 3 is 1.78 bits per heavy atom. The first kappa shape index (κ1) is 20.8. The molecule has 140 valence electrons. The topological polar surface area (TPSA) is 101 Å². The summed E-state index contributed by atoms with van der Waals surface area (Å²) in [5.41, 5.74) is 1.46. The highest BCUT2D eigenvalue weighted by Crippen LogP contribution is 2.12. The lowest BCUT2D eigenvalue weighted by molar-refractivity contribution is -0.430. The van der Waals surface area contributed by atoms with Gasteiger partial charge in [0.1, 0.15) is 0 Å². The molecule has 0 saturated heterocycles. The van der Waals surface area contributed by atoms with Gasteiger partial charge in [0.2, 0.25) is 5.91 Å². The highest BCUT2D eigenvalue weighted by Gasteiger charge is 2.16. The predicted molar refractivity (Wildman–Crippen MR) is 107 cm³/mol. The van der Waals surface area contributed by atoms with Crippen LogP contribution >= 0.6 is 31.9 Å². The quantitative estimate of drug-likeness (QED) is 0.453. The zero-order valence-electron chi connectivity index (χ0n) is 13.9. The molecule has 0 aromatic heterocycles. The molecular formula is C18H15Br2N3O4. The smallest absolute Gasteiger partial charge is 0.339 e. The largest absolute Gasteiger partial charge is 0.358 e. The Morgan fingerprint density at radius 2 is 1.33 bits per heavy atom. The Labute approximate surface area is 172 Å². The van der Waals surface area contributed by atoms with Gasteiger partial charge in [-0.05, 0) is 40.3 Å². The van der Waals surface area contributed by atoms with Crippen LogP contribution in [-0.4, -0.2) is 16.7 Å². The van der Waals surface area contributed by atoms with Crippen LogP contribution in [0, 0.1) is 10.1 Å². The number of benzene rings is 2. The molecule has 0 aliphatic rings. The van der Waals surface area contributed by atoms with Crippen LogP contribution in [0.5, 0.6) is 0 Å². The minimum atomic E-state index is -0.764. The molecule has 2 aromatic rings. The van der Waals surface area contributed by atoms with Crippen molar-refractivity contribution in [2.45, 2.75) is 12.8 Å². The first-order chi connectivity index (χ1) is 12.8. The Kier molecular flexibility index (Phi) is 7.68. The van der Waals surface area contributed by atoms with E-state index in [1.165, 1.54) is 0 Å². The number of nitro groups is 1. The summed E-state index contributed by atoms with van der Waals surface area (Å²) in [4.78, 5) is 34.3. The summed E-state index contributed by atoms with van der Waals surface area (Å²) in [7, 11) is 0. The van der Waals surface area contributed by atoms with Crippen molar-refractivity contribution in [3.05, 3.63) is 90.7 Å². The Bertz CT molecular complexity index is 865. The number of nitrogens with zero attached hydrogens (tertiary/aromatic N) is 1. The fourth-order valence-electron chi connectivity index (χ4n) is 2.10. The highest BCUT2D eigenvalue weighted by atomic mass is 79.9. The third-order valence-electron chi connectivity index (χ3n) is 3.39. The summed E-state index contributed by atoms with van der Waals surface area (Å²) in [6, 6.07) is 14.1. The third kappa shape index (κ3) is 7.32. The van der Waals surface area contributed by atoms with E-state index >= 15 is 0 Å². The lowest BCUT2D eigenvalue weighted by Gasteiger charge is -2.04. The standard InChI is InChI=1S/C18H15Br2N3O4/c19-14-5-1-12(2-6-14)9-17(24)21-11-16(23(26)27)22-18(25)10-13-3-7-15(20)8-4-13/h1-8,11H,9-10H2,(H,21,24)(H,22,25). The Morgan fingerprint density at radius 1 is 0.889 bits per heavy atom. The SMILES string of the molecule is O=C(Cc1ccc(Br)cc1)NC=C(NC(=O)Cc1ccc(Br)cc1)[N+](=O)[O-]. The molecule has 0 aliphatic carbocycles. The fourth-order valence-corrected chi connectivity index (χ4v) is 2.63. The molecular weight excluding hydrogens is 482 g/mol. The van der Waals surface area contributed by atoms with E-state index in [1.807, 2.05) is 0 Å². The van der Waals surface area contributed by atoms with Crippen molar-refractivity contribution in [2.24, 2.45) is 0 Å². The van der Waals surface area contributed by atoms with E-state index < -0.39 is 22.6 Å². The van der Waals surface area contributed by atoms with E-state index in [2.05, 4.69) is 42.5 Å². The molecule has 0 heterocycles. The third-order valence-corrected chi connectivity index (χ3v) is 4.45. The molecule has 0 saturated carbocycles. The molecule has 27 heavy (non-hydrogen) atoms. The van der Waals surface area contributed by atoms with Crippen LogP contribution in [-0.2, 0) is 22.4 Å². The number of carbonyl (C=O) groups excluding carboxylic acids is 2. The summed E-state index contributed by atoms with van der Waals surface area (Å²) in [6.45, 7) is 0. The van der Waals surface area contributed by atoms with Crippen molar-refractivity contribution >= 4 is 43.7 Å².